The third-order valence-corrected chi connectivity index (χ3v) is 5.25. The van der Waals surface area contributed by atoms with Crippen molar-refractivity contribution in [2.75, 3.05) is 26.2 Å². The SMILES string of the molecule is CCN(CC)CCN(Cc1cccs1)C(=O)c1cccs1. The second-order valence-electron chi connectivity index (χ2n) is 4.81. The lowest BCUT2D eigenvalue weighted by atomic mass is 10.3. The molecule has 0 bridgehead atoms. The monoisotopic (exact) mass is 322 g/mol. The predicted molar refractivity (Wildman–Crippen MR) is 91.2 cm³/mol. The zero-order valence-electron chi connectivity index (χ0n) is 12.6. The summed E-state index contributed by atoms with van der Waals surface area (Å²) in [7, 11) is 0. The van der Waals surface area contributed by atoms with Crippen molar-refractivity contribution in [3.8, 4) is 0 Å². The summed E-state index contributed by atoms with van der Waals surface area (Å²) >= 11 is 3.22. The van der Waals surface area contributed by atoms with Gasteiger partial charge in [0.1, 0.15) is 0 Å². The van der Waals surface area contributed by atoms with E-state index in [2.05, 4.69) is 30.2 Å². The predicted octanol–water partition coefficient (Wildman–Crippen LogP) is 3.79. The summed E-state index contributed by atoms with van der Waals surface area (Å²) in [4.78, 5) is 19.0. The zero-order chi connectivity index (χ0) is 15.1. The molecule has 3 nitrogen and oxygen atoms in total. The van der Waals surface area contributed by atoms with Crippen molar-refractivity contribution in [1.82, 2.24) is 9.80 Å². The van der Waals surface area contributed by atoms with Gasteiger partial charge < -0.3 is 9.80 Å². The van der Waals surface area contributed by atoms with Crippen LogP contribution in [0.1, 0.15) is 28.4 Å². The van der Waals surface area contributed by atoms with E-state index in [9.17, 15) is 4.79 Å². The highest BCUT2D eigenvalue weighted by molar-refractivity contribution is 7.12. The molecular formula is C16H22N2OS2. The minimum absolute atomic E-state index is 0.144. The highest BCUT2D eigenvalue weighted by Gasteiger charge is 2.18. The fourth-order valence-corrected chi connectivity index (χ4v) is 3.61. The maximum absolute atomic E-state index is 12.6. The average molecular weight is 322 g/mol. The van der Waals surface area contributed by atoms with Crippen molar-refractivity contribution in [3.05, 3.63) is 44.8 Å². The van der Waals surface area contributed by atoms with Crippen LogP contribution in [0.25, 0.3) is 0 Å². The van der Waals surface area contributed by atoms with E-state index in [0.29, 0.717) is 6.54 Å². The van der Waals surface area contributed by atoms with E-state index in [1.165, 1.54) is 16.2 Å². The number of hydrogen-bond acceptors (Lipinski definition) is 4. The maximum Gasteiger partial charge on any atom is 0.264 e. The van der Waals surface area contributed by atoms with E-state index in [-0.39, 0.29) is 5.91 Å². The summed E-state index contributed by atoms with van der Waals surface area (Å²) in [6, 6.07) is 7.98. The Morgan fingerprint density at radius 3 is 2.33 bits per heavy atom. The Hall–Kier alpha value is -1.17. The van der Waals surface area contributed by atoms with Gasteiger partial charge in [-0.05, 0) is 36.0 Å². The largest absolute Gasteiger partial charge is 0.332 e. The molecule has 0 aliphatic rings. The number of hydrogen-bond donors (Lipinski definition) is 0. The normalized spacial score (nSPS) is 11.0. The molecule has 0 spiro atoms. The lowest BCUT2D eigenvalue weighted by Gasteiger charge is -2.26. The molecule has 0 aromatic carbocycles. The molecule has 0 unspecified atom stereocenters. The third kappa shape index (κ3) is 4.66. The van der Waals surface area contributed by atoms with Crippen molar-refractivity contribution in [3.63, 3.8) is 0 Å². The van der Waals surface area contributed by atoms with Crippen LogP contribution in [-0.4, -0.2) is 41.9 Å². The Morgan fingerprint density at radius 1 is 1.05 bits per heavy atom. The molecule has 0 N–H and O–H groups in total. The van der Waals surface area contributed by atoms with Gasteiger partial charge in [0.25, 0.3) is 5.91 Å². The number of carbonyl (C=O) groups is 1. The maximum atomic E-state index is 12.6. The van der Waals surface area contributed by atoms with E-state index in [4.69, 9.17) is 0 Å². The van der Waals surface area contributed by atoms with Crippen molar-refractivity contribution in [2.24, 2.45) is 0 Å². The second kappa shape index (κ2) is 8.32. The first-order chi connectivity index (χ1) is 10.2. The number of nitrogens with zero attached hydrogens (tertiary/aromatic N) is 2. The molecule has 0 fully saturated rings. The lowest BCUT2D eigenvalue weighted by molar-refractivity contribution is 0.0730. The quantitative estimate of drug-likeness (QED) is 0.738. The first-order valence-electron chi connectivity index (χ1n) is 7.32. The molecule has 0 atom stereocenters. The molecule has 0 aliphatic heterocycles. The molecule has 0 aliphatic carbocycles. The molecule has 0 radical (unpaired) electrons. The molecule has 2 aromatic heterocycles. The summed E-state index contributed by atoms with van der Waals surface area (Å²) < 4.78 is 0. The first kappa shape index (κ1) is 16.2. The van der Waals surface area contributed by atoms with E-state index >= 15 is 0 Å². The summed E-state index contributed by atoms with van der Waals surface area (Å²) in [6.07, 6.45) is 0. The van der Waals surface area contributed by atoms with Crippen LogP contribution < -0.4 is 0 Å². The van der Waals surface area contributed by atoms with Gasteiger partial charge in [0.05, 0.1) is 11.4 Å². The number of rotatable bonds is 8. The average Bonchev–Trinajstić information content (AvgIpc) is 3.19. The molecule has 114 valence electrons. The van der Waals surface area contributed by atoms with E-state index in [1.807, 2.05) is 28.5 Å². The van der Waals surface area contributed by atoms with Gasteiger partial charge >= 0.3 is 0 Å². The lowest BCUT2D eigenvalue weighted by Crippen LogP contribution is -2.38. The fraction of sp³-hybridized carbons (Fsp3) is 0.438. The molecule has 1 amide bonds. The Morgan fingerprint density at radius 2 is 1.76 bits per heavy atom. The molecule has 2 aromatic rings. The van der Waals surface area contributed by atoms with Crippen molar-refractivity contribution in [2.45, 2.75) is 20.4 Å². The summed E-state index contributed by atoms with van der Waals surface area (Å²) in [5.41, 5.74) is 0. The van der Waals surface area contributed by atoms with Gasteiger partial charge in [-0.1, -0.05) is 26.0 Å². The highest BCUT2D eigenvalue weighted by atomic mass is 32.1. The van der Waals surface area contributed by atoms with Crippen molar-refractivity contribution in [1.29, 1.82) is 0 Å². The van der Waals surface area contributed by atoms with Crippen molar-refractivity contribution >= 4 is 28.6 Å². The van der Waals surface area contributed by atoms with E-state index in [1.54, 1.807) is 11.3 Å². The van der Waals surface area contributed by atoms with Gasteiger partial charge in [0.2, 0.25) is 0 Å². The summed E-state index contributed by atoms with van der Waals surface area (Å²) in [5.74, 6) is 0.144. The summed E-state index contributed by atoms with van der Waals surface area (Å²) in [6.45, 7) is 8.77. The first-order valence-corrected chi connectivity index (χ1v) is 9.08. The molecule has 21 heavy (non-hydrogen) atoms. The molecule has 2 rings (SSSR count). The molecule has 0 saturated heterocycles. The molecule has 5 heteroatoms. The van der Waals surface area contributed by atoms with Crippen LogP contribution in [0.2, 0.25) is 0 Å². The molecule has 0 saturated carbocycles. The second-order valence-corrected chi connectivity index (χ2v) is 6.79. The van der Waals surface area contributed by atoms with E-state index < -0.39 is 0 Å². The Bertz CT molecular complexity index is 518. The van der Waals surface area contributed by atoms with Crippen LogP contribution in [0.5, 0.6) is 0 Å². The summed E-state index contributed by atoms with van der Waals surface area (Å²) in [5, 5.41) is 4.02. The standard InChI is InChI=1S/C16H22N2OS2/c1-3-17(4-2)9-10-18(13-14-7-5-11-20-14)16(19)15-8-6-12-21-15/h5-8,11-12H,3-4,9-10,13H2,1-2H3. The Labute approximate surface area is 134 Å². The zero-order valence-corrected chi connectivity index (χ0v) is 14.3. The van der Waals surface area contributed by atoms with E-state index in [0.717, 1.165) is 31.1 Å². The third-order valence-electron chi connectivity index (χ3n) is 3.53. The van der Waals surface area contributed by atoms with Crippen LogP contribution in [0.3, 0.4) is 0 Å². The van der Waals surface area contributed by atoms with Gasteiger partial charge in [0.15, 0.2) is 0 Å². The van der Waals surface area contributed by atoms with Crippen LogP contribution in [0, 0.1) is 0 Å². The van der Waals surface area contributed by atoms with Gasteiger partial charge in [-0.25, -0.2) is 0 Å². The minimum Gasteiger partial charge on any atom is -0.332 e. The molecular weight excluding hydrogens is 300 g/mol. The van der Waals surface area contributed by atoms with Crippen molar-refractivity contribution < 1.29 is 4.79 Å². The molecule has 2 heterocycles. The Kier molecular flexibility index (Phi) is 6.42. The van der Waals surface area contributed by atoms with Gasteiger partial charge in [-0.2, -0.15) is 0 Å². The van der Waals surface area contributed by atoms with Crippen LogP contribution >= 0.6 is 22.7 Å². The smallest absolute Gasteiger partial charge is 0.264 e. The fourth-order valence-electron chi connectivity index (χ4n) is 2.20. The number of amides is 1. The number of carbonyl (C=O) groups excluding carboxylic acids is 1. The van der Waals surface area contributed by atoms with Crippen LogP contribution in [0.15, 0.2) is 35.0 Å². The topological polar surface area (TPSA) is 23.6 Å². The van der Waals surface area contributed by atoms with Gasteiger partial charge in [-0.3, -0.25) is 4.79 Å². The van der Waals surface area contributed by atoms with Crippen LogP contribution in [0.4, 0.5) is 0 Å². The van der Waals surface area contributed by atoms with Gasteiger partial charge in [-0.15, -0.1) is 22.7 Å². The highest BCUT2D eigenvalue weighted by Crippen LogP contribution is 2.17. The number of thiophene rings is 2. The van der Waals surface area contributed by atoms with Crippen LogP contribution in [-0.2, 0) is 6.54 Å². The van der Waals surface area contributed by atoms with Gasteiger partial charge in [0, 0.05) is 18.0 Å². The number of likely N-dealkylation sites (N-methyl/N-ethyl adjacent to an activating group) is 1. The Balaban J connectivity index is 2.04. The minimum atomic E-state index is 0.144.